The van der Waals surface area contributed by atoms with E-state index >= 15 is 0 Å². The van der Waals surface area contributed by atoms with Gasteiger partial charge in [0.05, 0.1) is 4.88 Å². The van der Waals surface area contributed by atoms with E-state index in [0.29, 0.717) is 5.56 Å². The van der Waals surface area contributed by atoms with E-state index in [4.69, 9.17) is 0 Å². The predicted octanol–water partition coefficient (Wildman–Crippen LogP) is 2.43. The Morgan fingerprint density at radius 3 is 2.61 bits per heavy atom. The molecule has 0 aliphatic carbocycles. The van der Waals surface area contributed by atoms with Crippen LogP contribution in [0.4, 0.5) is 0 Å². The summed E-state index contributed by atoms with van der Waals surface area (Å²) < 4.78 is 0. The Kier molecular flexibility index (Phi) is 3.75. The number of hydrogen-bond acceptors (Lipinski definition) is 4. The van der Waals surface area contributed by atoms with Gasteiger partial charge in [0.15, 0.2) is 5.60 Å². The Morgan fingerprint density at radius 1 is 1.33 bits per heavy atom. The number of nitrogens with zero attached hydrogens (tertiary/aromatic N) is 2. The zero-order valence-electron chi connectivity index (χ0n) is 10.3. The Morgan fingerprint density at radius 2 is 2.06 bits per heavy atom. The minimum Gasteiger partial charge on any atom is -0.373 e. The monoisotopic (exact) mass is 258 g/mol. The highest BCUT2D eigenvalue weighted by Gasteiger charge is 2.31. The van der Waals surface area contributed by atoms with Gasteiger partial charge in [0.2, 0.25) is 0 Å². The van der Waals surface area contributed by atoms with Crippen LogP contribution in [0.15, 0.2) is 36.2 Å². The van der Waals surface area contributed by atoms with Crippen LogP contribution < -0.4 is 0 Å². The normalized spacial score (nSPS) is 13.8. The van der Waals surface area contributed by atoms with Crippen LogP contribution in [0.25, 0.3) is 0 Å². The minimum absolute atomic E-state index is 0.0454. The number of rotatable bonds is 2. The molecule has 2 aromatic heterocycles. The largest absolute Gasteiger partial charge is 0.373 e. The zero-order valence-corrected chi connectivity index (χ0v) is 11.1. The van der Waals surface area contributed by atoms with Gasteiger partial charge in [-0.25, -0.2) is 9.97 Å². The first-order chi connectivity index (χ1) is 8.63. The van der Waals surface area contributed by atoms with Gasteiger partial charge in [-0.1, -0.05) is 31.8 Å². The average Bonchev–Trinajstić information content (AvgIpc) is 2.90. The van der Waals surface area contributed by atoms with Crippen LogP contribution in [0.3, 0.4) is 0 Å². The smallest absolute Gasteiger partial charge is 0.156 e. The zero-order chi connectivity index (χ0) is 13.0. The summed E-state index contributed by atoms with van der Waals surface area (Å²) in [6.07, 6.45) is 4.66. The molecule has 0 saturated heterocycles. The highest BCUT2D eigenvalue weighted by atomic mass is 32.1. The van der Waals surface area contributed by atoms with Gasteiger partial charge in [-0.15, -0.1) is 11.3 Å². The van der Waals surface area contributed by atoms with Gasteiger partial charge in [0.1, 0.15) is 6.33 Å². The first-order valence-corrected chi connectivity index (χ1v) is 6.55. The number of thiophene rings is 1. The van der Waals surface area contributed by atoms with Crippen LogP contribution in [-0.4, -0.2) is 15.1 Å². The van der Waals surface area contributed by atoms with E-state index in [2.05, 4.69) is 21.8 Å². The lowest BCUT2D eigenvalue weighted by molar-refractivity contribution is 0.0496. The van der Waals surface area contributed by atoms with Crippen molar-refractivity contribution in [3.63, 3.8) is 0 Å². The first kappa shape index (κ1) is 12.7. The summed E-state index contributed by atoms with van der Waals surface area (Å²) in [6.45, 7) is 3.85. The Labute approximate surface area is 111 Å². The third-order valence-corrected chi connectivity index (χ3v) is 3.52. The Bertz CT molecular complexity index is 554. The number of aliphatic hydroxyl groups is 1. The first-order valence-electron chi connectivity index (χ1n) is 5.67. The fourth-order valence-corrected chi connectivity index (χ4v) is 2.12. The maximum Gasteiger partial charge on any atom is 0.156 e. The molecule has 0 radical (unpaired) electrons. The molecular weight excluding hydrogens is 244 g/mol. The second-order valence-electron chi connectivity index (χ2n) is 4.28. The summed E-state index contributed by atoms with van der Waals surface area (Å²) in [6, 6.07) is 3.87. The molecule has 2 heterocycles. The quantitative estimate of drug-likeness (QED) is 0.842. The van der Waals surface area contributed by atoms with Gasteiger partial charge >= 0.3 is 0 Å². The fourth-order valence-electron chi connectivity index (χ4n) is 1.55. The summed E-state index contributed by atoms with van der Waals surface area (Å²) in [4.78, 5) is 8.82. The minimum atomic E-state index is -1.22. The molecule has 1 unspecified atom stereocenters. The van der Waals surface area contributed by atoms with E-state index in [1.807, 2.05) is 31.4 Å². The summed E-state index contributed by atoms with van der Waals surface area (Å²) in [5.41, 5.74) is -0.588. The van der Waals surface area contributed by atoms with Crippen LogP contribution in [0, 0.1) is 17.8 Å². The van der Waals surface area contributed by atoms with Gasteiger partial charge in [-0.05, 0) is 17.4 Å². The van der Waals surface area contributed by atoms with Gasteiger partial charge in [0, 0.05) is 18.0 Å². The fraction of sp³-hybridized carbons (Fsp3) is 0.286. The molecule has 2 aromatic rings. The van der Waals surface area contributed by atoms with E-state index < -0.39 is 5.60 Å². The molecular formula is C14H14N2OS. The molecule has 0 spiro atoms. The number of hydrogen-bond donors (Lipinski definition) is 1. The summed E-state index contributed by atoms with van der Waals surface area (Å²) in [5.74, 6) is 5.91. The lowest BCUT2D eigenvalue weighted by Gasteiger charge is -2.26. The van der Waals surface area contributed by atoms with Gasteiger partial charge < -0.3 is 5.11 Å². The van der Waals surface area contributed by atoms with Gasteiger partial charge in [-0.3, -0.25) is 0 Å². The molecule has 3 nitrogen and oxygen atoms in total. The van der Waals surface area contributed by atoms with E-state index in [1.54, 1.807) is 23.7 Å². The van der Waals surface area contributed by atoms with Crippen molar-refractivity contribution in [3.8, 4) is 11.8 Å². The summed E-state index contributed by atoms with van der Waals surface area (Å²) >= 11 is 1.55. The molecule has 0 saturated carbocycles. The second kappa shape index (κ2) is 5.30. The Hall–Kier alpha value is -1.70. The van der Waals surface area contributed by atoms with Crippen molar-refractivity contribution in [2.45, 2.75) is 19.4 Å². The molecule has 0 bridgehead atoms. The van der Waals surface area contributed by atoms with E-state index in [1.165, 1.54) is 6.33 Å². The molecule has 1 N–H and O–H groups in total. The lowest BCUT2D eigenvalue weighted by atomic mass is 9.85. The molecule has 92 valence electrons. The van der Waals surface area contributed by atoms with Gasteiger partial charge in [0.25, 0.3) is 0 Å². The van der Waals surface area contributed by atoms with Crippen molar-refractivity contribution in [2.24, 2.45) is 5.92 Å². The molecule has 0 fully saturated rings. The van der Waals surface area contributed by atoms with Crippen LogP contribution in [0.5, 0.6) is 0 Å². The van der Waals surface area contributed by atoms with Crippen molar-refractivity contribution in [1.29, 1.82) is 0 Å². The predicted molar refractivity (Wildman–Crippen MR) is 72.0 cm³/mol. The van der Waals surface area contributed by atoms with Crippen molar-refractivity contribution in [3.05, 3.63) is 46.7 Å². The molecule has 1 atom stereocenters. The van der Waals surface area contributed by atoms with Crippen LogP contribution >= 0.6 is 11.3 Å². The molecule has 0 aliphatic heterocycles. The van der Waals surface area contributed by atoms with E-state index in [0.717, 1.165) is 4.88 Å². The van der Waals surface area contributed by atoms with Crippen molar-refractivity contribution >= 4 is 11.3 Å². The molecule has 18 heavy (non-hydrogen) atoms. The molecule has 0 amide bonds. The highest BCUT2D eigenvalue weighted by molar-refractivity contribution is 7.10. The highest BCUT2D eigenvalue weighted by Crippen LogP contribution is 2.28. The maximum absolute atomic E-state index is 10.7. The Balaban J connectivity index is 2.40. The van der Waals surface area contributed by atoms with Crippen molar-refractivity contribution < 1.29 is 5.11 Å². The van der Waals surface area contributed by atoms with Crippen LogP contribution in [0.1, 0.15) is 24.3 Å². The lowest BCUT2D eigenvalue weighted by Crippen LogP contribution is -2.30. The molecule has 2 rings (SSSR count). The van der Waals surface area contributed by atoms with Crippen LogP contribution in [0.2, 0.25) is 0 Å². The maximum atomic E-state index is 10.7. The second-order valence-corrected chi connectivity index (χ2v) is 5.22. The summed E-state index contributed by atoms with van der Waals surface area (Å²) in [5, 5.41) is 12.7. The van der Waals surface area contributed by atoms with E-state index in [9.17, 15) is 5.11 Å². The molecule has 0 aliphatic rings. The van der Waals surface area contributed by atoms with Gasteiger partial charge in [-0.2, -0.15) is 0 Å². The van der Waals surface area contributed by atoms with Crippen molar-refractivity contribution in [2.75, 3.05) is 0 Å². The van der Waals surface area contributed by atoms with Crippen LogP contribution in [-0.2, 0) is 5.60 Å². The third-order valence-electron chi connectivity index (χ3n) is 2.73. The molecule has 4 heteroatoms. The third kappa shape index (κ3) is 2.58. The molecule has 0 aromatic carbocycles. The standard InChI is InChI=1S/C14H14N2OS/c1-11(2)14(17,12-8-15-10-16-9-12)6-5-13-4-3-7-18-13/h3-4,7-11,17H,1-2H3. The van der Waals surface area contributed by atoms with Crippen molar-refractivity contribution in [1.82, 2.24) is 9.97 Å². The average molecular weight is 258 g/mol. The SMILES string of the molecule is CC(C)C(O)(C#Cc1cccs1)c1cncnc1. The summed E-state index contributed by atoms with van der Waals surface area (Å²) in [7, 11) is 0. The van der Waals surface area contributed by atoms with E-state index in [-0.39, 0.29) is 5.92 Å². The number of aromatic nitrogens is 2. The topological polar surface area (TPSA) is 46.0 Å².